The van der Waals surface area contributed by atoms with Crippen molar-refractivity contribution in [3.05, 3.63) is 35.4 Å². The van der Waals surface area contributed by atoms with Crippen LogP contribution in [-0.2, 0) is 0 Å². The van der Waals surface area contributed by atoms with Crippen LogP contribution in [0.25, 0.3) is 0 Å². The predicted molar refractivity (Wildman–Crippen MR) is 76.7 cm³/mol. The molecule has 2 rings (SSSR count). The van der Waals surface area contributed by atoms with Crippen LogP contribution in [0.2, 0.25) is 0 Å². The second-order valence-electron chi connectivity index (χ2n) is 4.72. The lowest BCUT2D eigenvalue weighted by atomic mass is 10.0. The smallest absolute Gasteiger partial charge is 0.263 e. The molecule has 0 amide bonds. The Bertz CT molecular complexity index is 376. The first-order chi connectivity index (χ1) is 9.22. The molecule has 0 aromatic heterocycles. The van der Waals surface area contributed by atoms with Crippen LogP contribution in [-0.4, -0.2) is 36.0 Å². The quantitative estimate of drug-likeness (QED) is 0.922. The van der Waals surface area contributed by atoms with Crippen LogP contribution in [0.1, 0.15) is 30.0 Å². The van der Waals surface area contributed by atoms with Gasteiger partial charge in [-0.1, -0.05) is 24.3 Å². The summed E-state index contributed by atoms with van der Waals surface area (Å²) >= 11 is 1.97. The zero-order valence-corrected chi connectivity index (χ0v) is 11.7. The Kier molecular flexibility index (Phi) is 5.60. The summed E-state index contributed by atoms with van der Waals surface area (Å²) in [6.07, 6.45) is -1.24. The van der Waals surface area contributed by atoms with Gasteiger partial charge in [-0.2, -0.15) is 11.8 Å². The van der Waals surface area contributed by atoms with Crippen molar-refractivity contribution in [3.63, 3.8) is 0 Å². The lowest BCUT2D eigenvalue weighted by molar-refractivity contribution is 0.151. The van der Waals surface area contributed by atoms with Crippen molar-refractivity contribution < 1.29 is 8.78 Å². The Morgan fingerprint density at radius 2 is 1.79 bits per heavy atom. The number of benzene rings is 1. The number of nitrogens with zero attached hydrogens (tertiary/aromatic N) is 1. The van der Waals surface area contributed by atoms with Crippen LogP contribution in [0.4, 0.5) is 8.78 Å². The predicted octanol–water partition coefficient (Wildman–Crippen LogP) is 3.06. The first kappa shape index (κ1) is 14.8. The van der Waals surface area contributed by atoms with Gasteiger partial charge in [-0.05, 0) is 24.3 Å². The van der Waals surface area contributed by atoms with Gasteiger partial charge in [0.25, 0.3) is 6.43 Å². The highest BCUT2D eigenvalue weighted by Gasteiger charge is 2.20. The molecule has 1 aromatic carbocycles. The maximum Gasteiger partial charge on any atom is 0.263 e. The first-order valence-corrected chi connectivity index (χ1v) is 7.77. The van der Waals surface area contributed by atoms with E-state index in [0.29, 0.717) is 6.54 Å². The topological polar surface area (TPSA) is 29.3 Å². The minimum Gasteiger partial charge on any atom is -0.329 e. The molecule has 0 spiro atoms. The number of thioether (sulfide) groups is 1. The van der Waals surface area contributed by atoms with E-state index < -0.39 is 6.43 Å². The number of alkyl halides is 2. The lowest BCUT2D eigenvalue weighted by Gasteiger charge is -2.29. The van der Waals surface area contributed by atoms with E-state index in [1.807, 2.05) is 11.8 Å². The Labute approximate surface area is 117 Å². The number of hydrogen-bond donors (Lipinski definition) is 1. The second kappa shape index (κ2) is 7.22. The van der Waals surface area contributed by atoms with Gasteiger partial charge >= 0.3 is 0 Å². The Morgan fingerprint density at radius 3 is 2.42 bits per heavy atom. The summed E-state index contributed by atoms with van der Waals surface area (Å²) in [5, 5.41) is 0. The first-order valence-electron chi connectivity index (χ1n) is 6.62. The standard InChI is InChI=1S/C14H20F2N2S/c15-14(16)12-4-2-11(3-5-12)13(10-17)18-6-1-8-19-9-7-18/h2-5,13-14H,1,6-10,17H2. The minimum absolute atomic E-state index is 0.0749. The van der Waals surface area contributed by atoms with Gasteiger partial charge in [0.05, 0.1) is 0 Å². The molecule has 1 aliphatic rings. The van der Waals surface area contributed by atoms with Crippen molar-refractivity contribution in [1.29, 1.82) is 0 Å². The minimum atomic E-state index is -2.40. The maximum absolute atomic E-state index is 12.6. The van der Waals surface area contributed by atoms with Crippen molar-refractivity contribution >= 4 is 11.8 Å². The van der Waals surface area contributed by atoms with Crippen molar-refractivity contribution in [2.45, 2.75) is 18.9 Å². The largest absolute Gasteiger partial charge is 0.329 e. The second-order valence-corrected chi connectivity index (χ2v) is 5.95. The number of hydrogen-bond acceptors (Lipinski definition) is 3. The molecule has 1 heterocycles. The summed E-state index contributed by atoms with van der Waals surface area (Å²) in [6.45, 7) is 2.58. The van der Waals surface area contributed by atoms with E-state index >= 15 is 0 Å². The molecule has 1 aliphatic heterocycles. The highest BCUT2D eigenvalue weighted by atomic mass is 32.2. The third-order valence-corrected chi connectivity index (χ3v) is 4.54. The molecule has 19 heavy (non-hydrogen) atoms. The van der Waals surface area contributed by atoms with Gasteiger partial charge in [0.2, 0.25) is 0 Å². The lowest BCUT2D eigenvalue weighted by Crippen LogP contribution is -2.35. The molecule has 0 aliphatic carbocycles. The molecule has 1 fully saturated rings. The highest BCUT2D eigenvalue weighted by Crippen LogP contribution is 2.25. The summed E-state index contributed by atoms with van der Waals surface area (Å²) in [4.78, 5) is 2.37. The summed E-state index contributed by atoms with van der Waals surface area (Å²) in [5.41, 5.74) is 7.00. The molecule has 1 saturated heterocycles. The van der Waals surface area contributed by atoms with Crippen LogP contribution in [0.15, 0.2) is 24.3 Å². The van der Waals surface area contributed by atoms with E-state index in [9.17, 15) is 8.78 Å². The summed E-state index contributed by atoms with van der Waals surface area (Å²) in [7, 11) is 0. The SMILES string of the molecule is NCC(c1ccc(C(F)F)cc1)N1CCCSCC1. The molecule has 2 nitrogen and oxygen atoms in total. The average molecular weight is 286 g/mol. The van der Waals surface area contributed by atoms with E-state index in [4.69, 9.17) is 5.73 Å². The van der Waals surface area contributed by atoms with Crippen molar-refractivity contribution in [2.75, 3.05) is 31.1 Å². The Hall–Kier alpha value is -0.650. The molecule has 5 heteroatoms. The van der Waals surface area contributed by atoms with Gasteiger partial charge in [-0.25, -0.2) is 8.78 Å². The number of halogens is 2. The van der Waals surface area contributed by atoms with Crippen LogP contribution in [0.5, 0.6) is 0 Å². The molecule has 0 radical (unpaired) electrons. The maximum atomic E-state index is 12.6. The number of nitrogens with two attached hydrogens (primary N) is 1. The van der Waals surface area contributed by atoms with E-state index in [1.165, 1.54) is 17.9 Å². The van der Waals surface area contributed by atoms with E-state index in [-0.39, 0.29) is 11.6 Å². The normalized spacial score (nSPS) is 19.4. The third-order valence-electron chi connectivity index (χ3n) is 3.49. The third kappa shape index (κ3) is 3.91. The Morgan fingerprint density at radius 1 is 1.11 bits per heavy atom. The zero-order chi connectivity index (χ0) is 13.7. The molecule has 1 aromatic rings. The summed E-state index contributed by atoms with van der Waals surface area (Å²) in [6, 6.07) is 6.74. The molecule has 1 atom stereocenters. The summed E-state index contributed by atoms with van der Waals surface area (Å²) < 4.78 is 25.1. The van der Waals surface area contributed by atoms with Crippen molar-refractivity contribution in [1.82, 2.24) is 4.90 Å². The molecule has 106 valence electrons. The fraction of sp³-hybridized carbons (Fsp3) is 0.571. The van der Waals surface area contributed by atoms with Gasteiger partial charge in [0.1, 0.15) is 0 Å². The molecule has 0 saturated carbocycles. The van der Waals surface area contributed by atoms with Gasteiger partial charge in [0, 0.05) is 30.4 Å². The molecule has 1 unspecified atom stereocenters. The monoisotopic (exact) mass is 286 g/mol. The van der Waals surface area contributed by atoms with Crippen LogP contribution >= 0.6 is 11.8 Å². The van der Waals surface area contributed by atoms with E-state index in [1.54, 1.807) is 12.1 Å². The summed E-state index contributed by atoms with van der Waals surface area (Å²) in [5.74, 6) is 2.31. The van der Waals surface area contributed by atoms with Crippen molar-refractivity contribution in [2.24, 2.45) is 5.73 Å². The highest BCUT2D eigenvalue weighted by molar-refractivity contribution is 7.99. The Balaban J connectivity index is 2.11. The number of rotatable bonds is 4. The fourth-order valence-corrected chi connectivity index (χ4v) is 3.34. The van der Waals surface area contributed by atoms with Gasteiger partial charge < -0.3 is 5.73 Å². The van der Waals surface area contributed by atoms with Crippen LogP contribution in [0.3, 0.4) is 0 Å². The molecule has 0 bridgehead atoms. The van der Waals surface area contributed by atoms with E-state index in [0.717, 1.165) is 30.8 Å². The van der Waals surface area contributed by atoms with Gasteiger partial charge in [-0.15, -0.1) is 0 Å². The zero-order valence-electron chi connectivity index (χ0n) is 10.9. The fourth-order valence-electron chi connectivity index (χ4n) is 2.44. The molecule has 2 N–H and O–H groups in total. The van der Waals surface area contributed by atoms with Gasteiger partial charge in [0.15, 0.2) is 0 Å². The van der Waals surface area contributed by atoms with Crippen LogP contribution in [0, 0.1) is 0 Å². The van der Waals surface area contributed by atoms with Gasteiger partial charge in [-0.3, -0.25) is 4.90 Å². The molecular formula is C14H20F2N2S. The van der Waals surface area contributed by atoms with Crippen LogP contribution < -0.4 is 5.73 Å². The van der Waals surface area contributed by atoms with Crippen molar-refractivity contribution in [3.8, 4) is 0 Å². The average Bonchev–Trinajstić information content (AvgIpc) is 2.69. The molecular weight excluding hydrogens is 266 g/mol. The van der Waals surface area contributed by atoms with E-state index in [2.05, 4.69) is 4.90 Å².